The van der Waals surface area contributed by atoms with Crippen LogP contribution in [0.1, 0.15) is 29.7 Å². The van der Waals surface area contributed by atoms with Crippen molar-refractivity contribution in [2.75, 3.05) is 28.4 Å². The number of nitrogens with zero attached hydrogens (tertiary/aromatic N) is 1. The lowest BCUT2D eigenvalue weighted by Crippen LogP contribution is -2.38. The maximum Gasteiger partial charge on any atom is 0.191 e. The van der Waals surface area contributed by atoms with Crippen molar-refractivity contribution >= 4 is 5.96 Å². The first-order valence-electron chi connectivity index (χ1n) is 8.97. The van der Waals surface area contributed by atoms with Crippen LogP contribution < -0.4 is 20.1 Å². The average molecular weight is 389 g/mol. The first-order valence-corrected chi connectivity index (χ1v) is 8.97. The number of rotatable bonds is 8. The van der Waals surface area contributed by atoms with Gasteiger partial charge in [0, 0.05) is 31.8 Å². The lowest BCUT2D eigenvalue weighted by Gasteiger charge is -2.21. The first kappa shape index (κ1) is 21.5. The highest BCUT2D eigenvalue weighted by atomic mass is 19.1. The first-order chi connectivity index (χ1) is 13.5. The minimum Gasteiger partial charge on any atom is -0.497 e. The molecule has 2 rings (SSSR count). The van der Waals surface area contributed by atoms with Crippen LogP contribution in [0.15, 0.2) is 41.4 Å². The summed E-state index contributed by atoms with van der Waals surface area (Å²) in [6.07, 6.45) is 0. The van der Waals surface area contributed by atoms with Crippen LogP contribution in [0.3, 0.4) is 0 Å². The van der Waals surface area contributed by atoms with E-state index in [2.05, 4.69) is 15.6 Å². The van der Waals surface area contributed by atoms with E-state index in [0.717, 1.165) is 22.6 Å². The van der Waals surface area contributed by atoms with Gasteiger partial charge in [0.2, 0.25) is 0 Å². The van der Waals surface area contributed by atoms with Crippen LogP contribution in [-0.4, -0.2) is 34.3 Å². The predicted octanol–water partition coefficient (Wildman–Crippen LogP) is 3.42. The lowest BCUT2D eigenvalue weighted by atomic mass is 10.1. The largest absolute Gasteiger partial charge is 0.497 e. The number of benzene rings is 2. The third-order valence-corrected chi connectivity index (χ3v) is 4.35. The highest BCUT2D eigenvalue weighted by molar-refractivity contribution is 5.80. The normalized spacial score (nSPS) is 12.4. The van der Waals surface area contributed by atoms with Gasteiger partial charge in [-0.15, -0.1) is 0 Å². The molecule has 2 aromatic rings. The van der Waals surface area contributed by atoms with Gasteiger partial charge in [-0.25, -0.2) is 4.39 Å². The molecule has 0 spiro atoms. The maximum absolute atomic E-state index is 13.8. The van der Waals surface area contributed by atoms with Gasteiger partial charge in [-0.2, -0.15) is 0 Å². The average Bonchev–Trinajstić information content (AvgIpc) is 2.72. The predicted molar refractivity (Wildman–Crippen MR) is 108 cm³/mol. The van der Waals surface area contributed by atoms with Gasteiger partial charge in [0.25, 0.3) is 0 Å². The molecule has 1 unspecified atom stereocenters. The number of methoxy groups -OCH3 is 3. The number of aliphatic imine (C=N–C) groups is 1. The van der Waals surface area contributed by atoms with Crippen molar-refractivity contribution in [3.8, 4) is 11.5 Å². The van der Waals surface area contributed by atoms with Crippen LogP contribution in [0.4, 0.5) is 4.39 Å². The molecule has 0 aliphatic heterocycles. The second kappa shape index (κ2) is 10.5. The molecule has 28 heavy (non-hydrogen) atoms. The molecule has 152 valence electrons. The molecule has 0 amide bonds. The number of hydrogen-bond donors (Lipinski definition) is 2. The fraction of sp³-hybridized carbons (Fsp3) is 0.381. The van der Waals surface area contributed by atoms with E-state index in [4.69, 9.17) is 14.2 Å². The Morgan fingerprint density at radius 2 is 1.89 bits per heavy atom. The summed E-state index contributed by atoms with van der Waals surface area (Å²) in [5, 5.41) is 6.58. The summed E-state index contributed by atoms with van der Waals surface area (Å²) in [5.74, 6) is 1.87. The van der Waals surface area contributed by atoms with Crippen molar-refractivity contribution in [1.29, 1.82) is 0 Å². The highest BCUT2D eigenvalue weighted by Gasteiger charge is 2.14. The Morgan fingerprint density at radius 1 is 1.11 bits per heavy atom. The third-order valence-electron chi connectivity index (χ3n) is 4.35. The molecule has 6 nitrogen and oxygen atoms in total. The molecule has 0 saturated carbocycles. The second-order valence-corrected chi connectivity index (χ2v) is 6.26. The van der Waals surface area contributed by atoms with Crippen molar-refractivity contribution in [1.82, 2.24) is 10.6 Å². The van der Waals surface area contributed by atoms with Crippen molar-refractivity contribution in [2.24, 2.45) is 4.99 Å². The number of halogens is 1. The van der Waals surface area contributed by atoms with E-state index in [1.54, 1.807) is 40.5 Å². The van der Waals surface area contributed by atoms with E-state index in [1.165, 1.54) is 6.07 Å². The Balaban J connectivity index is 2.06. The Kier molecular flexibility index (Phi) is 8.07. The van der Waals surface area contributed by atoms with Crippen LogP contribution in [0.25, 0.3) is 0 Å². The summed E-state index contributed by atoms with van der Waals surface area (Å²) in [6.45, 7) is 2.75. The Bertz CT molecular complexity index is 811. The van der Waals surface area contributed by atoms with Crippen molar-refractivity contribution in [2.45, 2.75) is 26.1 Å². The Morgan fingerprint density at radius 3 is 2.54 bits per heavy atom. The Hall–Kier alpha value is -2.80. The minimum atomic E-state index is -0.271. The summed E-state index contributed by atoms with van der Waals surface area (Å²) in [7, 11) is 6.51. The summed E-state index contributed by atoms with van der Waals surface area (Å²) in [5.41, 5.74) is 2.41. The quantitative estimate of drug-likeness (QED) is 0.535. The van der Waals surface area contributed by atoms with Gasteiger partial charge in [0.1, 0.15) is 17.3 Å². The molecule has 0 bridgehead atoms. The molecule has 0 aliphatic rings. The standard InChI is InChI=1S/C21H28FN3O3/c1-14(18-11-17(27-4)7-9-20(18)28-5)25-21(23-2)24-12-15-6-8-19(22)16(10-15)13-26-3/h6-11,14H,12-13H2,1-5H3,(H2,23,24,25). The van der Waals surface area contributed by atoms with Crippen LogP contribution in [-0.2, 0) is 17.9 Å². The summed E-state index contributed by atoms with van der Waals surface area (Å²) < 4.78 is 29.6. The van der Waals surface area contributed by atoms with Gasteiger partial charge < -0.3 is 24.8 Å². The topological polar surface area (TPSA) is 64.1 Å². The second-order valence-electron chi connectivity index (χ2n) is 6.26. The van der Waals surface area contributed by atoms with Gasteiger partial charge in [-0.05, 0) is 42.8 Å². The molecule has 0 saturated heterocycles. The molecule has 0 fully saturated rings. The number of hydrogen-bond acceptors (Lipinski definition) is 4. The molecule has 1 atom stereocenters. The third kappa shape index (κ3) is 5.60. The van der Waals surface area contributed by atoms with Gasteiger partial charge in [0.05, 0.1) is 26.9 Å². The lowest BCUT2D eigenvalue weighted by molar-refractivity contribution is 0.181. The van der Waals surface area contributed by atoms with Crippen molar-refractivity contribution in [3.63, 3.8) is 0 Å². The molecule has 0 aliphatic carbocycles. The molecule has 7 heteroatoms. The van der Waals surface area contributed by atoms with E-state index >= 15 is 0 Å². The van der Waals surface area contributed by atoms with Crippen LogP contribution in [0, 0.1) is 5.82 Å². The van der Waals surface area contributed by atoms with E-state index < -0.39 is 0 Å². The number of ether oxygens (including phenoxy) is 3. The zero-order valence-electron chi connectivity index (χ0n) is 17.0. The van der Waals surface area contributed by atoms with Crippen LogP contribution >= 0.6 is 0 Å². The summed E-state index contributed by atoms with van der Waals surface area (Å²) in [4.78, 5) is 4.27. The van der Waals surface area contributed by atoms with Gasteiger partial charge in [0.15, 0.2) is 5.96 Å². The van der Waals surface area contributed by atoms with Crippen LogP contribution in [0.2, 0.25) is 0 Å². The van der Waals surface area contributed by atoms with E-state index in [1.807, 2.05) is 25.1 Å². The van der Waals surface area contributed by atoms with Gasteiger partial charge in [-0.3, -0.25) is 4.99 Å². The molecular weight excluding hydrogens is 361 g/mol. The molecular formula is C21H28FN3O3. The fourth-order valence-corrected chi connectivity index (χ4v) is 2.85. The fourth-order valence-electron chi connectivity index (χ4n) is 2.85. The Labute approximate surface area is 165 Å². The molecule has 0 radical (unpaired) electrons. The minimum absolute atomic E-state index is 0.0754. The number of guanidine groups is 1. The van der Waals surface area contributed by atoms with Gasteiger partial charge in [-0.1, -0.05) is 6.07 Å². The SMILES string of the molecule is CN=C(NCc1ccc(F)c(COC)c1)NC(C)c1cc(OC)ccc1OC. The monoisotopic (exact) mass is 389 g/mol. The maximum atomic E-state index is 13.8. The van der Waals surface area contributed by atoms with Gasteiger partial charge >= 0.3 is 0 Å². The van der Waals surface area contributed by atoms with Crippen molar-refractivity contribution in [3.05, 3.63) is 58.9 Å². The van der Waals surface area contributed by atoms with E-state index in [-0.39, 0.29) is 18.5 Å². The molecule has 0 heterocycles. The summed E-state index contributed by atoms with van der Waals surface area (Å²) >= 11 is 0. The summed E-state index contributed by atoms with van der Waals surface area (Å²) in [6, 6.07) is 10.6. The molecule has 2 aromatic carbocycles. The molecule has 0 aromatic heterocycles. The zero-order valence-corrected chi connectivity index (χ0v) is 17.0. The zero-order chi connectivity index (χ0) is 20.5. The number of nitrogens with one attached hydrogen (secondary N) is 2. The molecule has 2 N–H and O–H groups in total. The highest BCUT2D eigenvalue weighted by Crippen LogP contribution is 2.29. The van der Waals surface area contributed by atoms with E-state index in [9.17, 15) is 4.39 Å². The van der Waals surface area contributed by atoms with Crippen molar-refractivity contribution < 1.29 is 18.6 Å². The van der Waals surface area contributed by atoms with E-state index in [0.29, 0.717) is 18.1 Å². The smallest absolute Gasteiger partial charge is 0.191 e. The van der Waals surface area contributed by atoms with Crippen LogP contribution in [0.5, 0.6) is 11.5 Å².